The second-order valence-corrected chi connectivity index (χ2v) is 5.65. The molecule has 0 bridgehead atoms. The minimum atomic E-state index is -0.236. The average molecular weight is 340 g/mol. The first-order chi connectivity index (χ1) is 9.58. The number of benzene rings is 1. The molecule has 0 aromatic heterocycles. The minimum absolute atomic E-state index is 0.0388. The Hall–Kier alpha value is -1.40. The van der Waals surface area contributed by atoms with Gasteiger partial charge in [-0.15, -0.1) is 0 Å². The van der Waals surface area contributed by atoms with Crippen molar-refractivity contribution in [2.45, 2.75) is 6.92 Å². The number of nitrogens with one attached hydrogen (secondary N) is 2. The monoisotopic (exact) mass is 339 g/mol. The van der Waals surface area contributed by atoms with Gasteiger partial charge in [0.1, 0.15) is 0 Å². The fourth-order valence-electron chi connectivity index (χ4n) is 2.08. The summed E-state index contributed by atoms with van der Waals surface area (Å²) in [4.78, 5) is 25.7. The van der Waals surface area contributed by atoms with E-state index in [1.165, 1.54) is 0 Å². The molecule has 0 spiro atoms. The molecule has 2 rings (SSSR count). The Morgan fingerprint density at radius 3 is 2.70 bits per heavy atom. The van der Waals surface area contributed by atoms with Gasteiger partial charge in [0, 0.05) is 30.7 Å². The summed E-state index contributed by atoms with van der Waals surface area (Å²) < 4.78 is 0.740. The van der Waals surface area contributed by atoms with Crippen LogP contribution in [-0.4, -0.2) is 49.4 Å². The molecule has 1 heterocycles. The third-order valence-electron chi connectivity index (χ3n) is 3.24. The summed E-state index contributed by atoms with van der Waals surface area (Å²) in [5.74, 6) is -0.275. The molecule has 108 valence electrons. The topological polar surface area (TPSA) is 61.4 Å². The van der Waals surface area contributed by atoms with Crippen LogP contribution in [0.3, 0.4) is 0 Å². The number of aryl methyl sites for hydroxylation is 1. The Morgan fingerprint density at radius 1 is 1.35 bits per heavy atom. The average Bonchev–Trinajstić information content (AvgIpc) is 2.45. The van der Waals surface area contributed by atoms with Crippen molar-refractivity contribution in [2.75, 3.05) is 32.7 Å². The van der Waals surface area contributed by atoms with Crippen molar-refractivity contribution in [2.24, 2.45) is 0 Å². The molecule has 0 unspecified atom stereocenters. The van der Waals surface area contributed by atoms with E-state index in [0.29, 0.717) is 18.7 Å². The number of piperazine rings is 1. The fourth-order valence-corrected chi connectivity index (χ4v) is 2.75. The quantitative estimate of drug-likeness (QED) is 0.860. The van der Waals surface area contributed by atoms with Crippen molar-refractivity contribution < 1.29 is 9.59 Å². The van der Waals surface area contributed by atoms with Gasteiger partial charge in [0.05, 0.1) is 12.1 Å². The van der Waals surface area contributed by atoms with E-state index in [0.717, 1.165) is 23.1 Å². The van der Waals surface area contributed by atoms with Crippen LogP contribution in [0.4, 0.5) is 0 Å². The van der Waals surface area contributed by atoms with Crippen LogP contribution >= 0.6 is 15.9 Å². The van der Waals surface area contributed by atoms with Gasteiger partial charge in [-0.05, 0) is 40.5 Å². The van der Waals surface area contributed by atoms with Gasteiger partial charge in [0.25, 0.3) is 5.91 Å². The third kappa shape index (κ3) is 3.80. The van der Waals surface area contributed by atoms with Crippen molar-refractivity contribution in [1.29, 1.82) is 0 Å². The molecule has 1 aromatic rings. The molecule has 1 aromatic carbocycles. The van der Waals surface area contributed by atoms with Gasteiger partial charge in [-0.25, -0.2) is 0 Å². The molecule has 0 saturated carbocycles. The van der Waals surface area contributed by atoms with Crippen LogP contribution in [0.15, 0.2) is 22.7 Å². The van der Waals surface area contributed by atoms with Gasteiger partial charge < -0.3 is 15.5 Å². The molecule has 20 heavy (non-hydrogen) atoms. The molecule has 6 heteroatoms. The maximum absolute atomic E-state index is 12.0. The predicted molar refractivity (Wildman–Crippen MR) is 80.7 cm³/mol. The summed E-state index contributed by atoms with van der Waals surface area (Å²) in [5.41, 5.74) is 1.62. The van der Waals surface area contributed by atoms with Gasteiger partial charge >= 0.3 is 0 Å². The van der Waals surface area contributed by atoms with Gasteiger partial charge in [0.2, 0.25) is 5.91 Å². The Kier molecular flexibility index (Phi) is 5.14. The summed E-state index contributed by atoms with van der Waals surface area (Å²) in [7, 11) is 0. The molecular weight excluding hydrogens is 322 g/mol. The molecule has 5 nitrogen and oxygen atoms in total. The van der Waals surface area contributed by atoms with Crippen LogP contribution in [0.5, 0.6) is 0 Å². The highest BCUT2D eigenvalue weighted by atomic mass is 79.9. The Balaban J connectivity index is 1.89. The lowest BCUT2D eigenvalue weighted by atomic mass is 10.1. The zero-order valence-corrected chi connectivity index (χ0v) is 13.0. The van der Waals surface area contributed by atoms with E-state index in [1.807, 2.05) is 19.1 Å². The predicted octanol–water partition coefficient (Wildman–Crippen LogP) is 0.919. The van der Waals surface area contributed by atoms with E-state index in [-0.39, 0.29) is 18.4 Å². The van der Waals surface area contributed by atoms with Gasteiger partial charge in [-0.3, -0.25) is 9.59 Å². The normalized spacial score (nSPS) is 15.0. The van der Waals surface area contributed by atoms with Crippen LogP contribution in [-0.2, 0) is 4.79 Å². The minimum Gasteiger partial charge on any atom is -0.343 e. The molecular formula is C14H18BrN3O2. The molecule has 1 fully saturated rings. The van der Waals surface area contributed by atoms with Crippen molar-refractivity contribution in [3.8, 4) is 0 Å². The zero-order chi connectivity index (χ0) is 14.5. The van der Waals surface area contributed by atoms with Crippen LogP contribution in [0, 0.1) is 6.92 Å². The van der Waals surface area contributed by atoms with E-state index in [9.17, 15) is 9.59 Å². The summed E-state index contributed by atoms with van der Waals surface area (Å²) in [6.07, 6.45) is 0. The van der Waals surface area contributed by atoms with Crippen molar-refractivity contribution >= 4 is 27.7 Å². The molecule has 2 N–H and O–H groups in total. The van der Waals surface area contributed by atoms with E-state index >= 15 is 0 Å². The van der Waals surface area contributed by atoms with Crippen LogP contribution in [0.2, 0.25) is 0 Å². The second kappa shape index (κ2) is 6.85. The van der Waals surface area contributed by atoms with Gasteiger partial charge in [-0.1, -0.05) is 6.07 Å². The first-order valence-electron chi connectivity index (χ1n) is 6.61. The highest BCUT2D eigenvalue weighted by molar-refractivity contribution is 9.10. The molecule has 0 atom stereocenters. The van der Waals surface area contributed by atoms with Crippen molar-refractivity contribution in [3.05, 3.63) is 33.8 Å². The fraction of sp³-hybridized carbons (Fsp3) is 0.429. The van der Waals surface area contributed by atoms with E-state index in [2.05, 4.69) is 26.6 Å². The van der Waals surface area contributed by atoms with E-state index < -0.39 is 0 Å². The van der Waals surface area contributed by atoms with E-state index in [4.69, 9.17) is 0 Å². The Morgan fingerprint density at radius 2 is 2.05 bits per heavy atom. The van der Waals surface area contributed by atoms with Crippen molar-refractivity contribution in [3.63, 3.8) is 0 Å². The number of amides is 2. The number of nitrogens with zero attached hydrogens (tertiary/aromatic N) is 1. The van der Waals surface area contributed by atoms with Crippen LogP contribution in [0.1, 0.15) is 15.9 Å². The molecule has 1 aliphatic rings. The lowest BCUT2D eigenvalue weighted by Gasteiger charge is -2.27. The Labute approximate surface area is 126 Å². The number of carbonyl (C=O) groups excluding carboxylic acids is 2. The maximum atomic E-state index is 12.0. The molecule has 2 amide bonds. The van der Waals surface area contributed by atoms with Crippen LogP contribution in [0.25, 0.3) is 0 Å². The number of rotatable bonds is 3. The standard InChI is InChI=1S/C14H18BrN3O2/c1-10-2-3-11(12(15)8-10)14(20)17-9-13(19)18-6-4-16-5-7-18/h2-3,8,16H,4-7,9H2,1H3,(H,17,20). The Bertz CT molecular complexity index is 513. The highest BCUT2D eigenvalue weighted by Crippen LogP contribution is 2.18. The molecule has 0 aliphatic carbocycles. The molecule has 1 saturated heterocycles. The summed E-state index contributed by atoms with van der Waals surface area (Å²) in [6, 6.07) is 5.51. The number of halogens is 1. The number of hydrogen-bond donors (Lipinski definition) is 2. The lowest BCUT2D eigenvalue weighted by molar-refractivity contribution is -0.130. The summed E-state index contributed by atoms with van der Waals surface area (Å²) >= 11 is 3.37. The largest absolute Gasteiger partial charge is 0.343 e. The smallest absolute Gasteiger partial charge is 0.252 e. The van der Waals surface area contributed by atoms with Crippen molar-refractivity contribution in [1.82, 2.24) is 15.5 Å². The summed E-state index contributed by atoms with van der Waals surface area (Å²) in [5, 5.41) is 5.86. The molecule has 1 aliphatic heterocycles. The van der Waals surface area contributed by atoms with Crippen LogP contribution < -0.4 is 10.6 Å². The third-order valence-corrected chi connectivity index (χ3v) is 3.90. The van der Waals surface area contributed by atoms with Gasteiger partial charge in [-0.2, -0.15) is 0 Å². The summed E-state index contributed by atoms with van der Waals surface area (Å²) in [6.45, 7) is 5.01. The van der Waals surface area contributed by atoms with Gasteiger partial charge in [0.15, 0.2) is 0 Å². The lowest BCUT2D eigenvalue weighted by Crippen LogP contribution is -2.49. The zero-order valence-electron chi connectivity index (χ0n) is 11.4. The number of hydrogen-bond acceptors (Lipinski definition) is 3. The first-order valence-corrected chi connectivity index (χ1v) is 7.40. The maximum Gasteiger partial charge on any atom is 0.252 e. The first kappa shape index (κ1) is 15.0. The SMILES string of the molecule is Cc1ccc(C(=O)NCC(=O)N2CCNCC2)c(Br)c1. The molecule has 0 radical (unpaired) electrons. The number of carbonyl (C=O) groups is 2. The highest BCUT2D eigenvalue weighted by Gasteiger charge is 2.17. The van der Waals surface area contributed by atoms with E-state index in [1.54, 1.807) is 11.0 Å². The second-order valence-electron chi connectivity index (χ2n) is 4.80.